The van der Waals surface area contributed by atoms with Gasteiger partial charge in [-0.15, -0.1) is 0 Å². The van der Waals surface area contributed by atoms with Crippen LogP contribution in [0.25, 0.3) is 11.1 Å². The fraction of sp³-hybridized carbons (Fsp3) is 0.211. The Kier molecular flexibility index (Phi) is 5.97. The number of Topliss-reactive ketones (excluding diaryl/α,β-unsaturated/α-hetero) is 1. The van der Waals surface area contributed by atoms with Crippen molar-refractivity contribution in [3.05, 3.63) is 48.0 Å². The number of nitrogens with zero attached hydrogens (tertiary/aromatic N) is 1. The number of methoxy groups -OCH3 is 2. The zero-order valence-corrected chi connectivity index (χ0v) is 15.6. The van der Waals surface area contributed by atoms with Gasteiger partial charge in [-0.1, -0.05) is 23.9 Å². The van der Waals surface area contributed by atoms with Crippen molar-refractivity contribution in [3.8, 4) is 11.5 Å². The molecule has 0 radical (unpaired) electrons. The van der Waals surface area contributed by atoms with Crippen molar-refractivity contribution in [3.63, 3.8) is 0 Å². The first-order valence-electron chi connectivity index (χ1n) is 8.00. The molecule has 0 aliphatic heterocycles. The molecule has 0 saturated heterocycles. The number of carbonyl (C=O) groups excluding carboxylic acids is 2. The van der Waals surface area contributed by atoms with Crippen LogP contribution in [0.15, 0.2) is 52.1 Å². The van der Waals surface area contributed by atoms with E-state index >= 15 is 0 Å². The molecule has 0 fully saturated rings. The summed E-state index contributed by atoms with van der Waals surface area (Å²) in [5.74, 6) is 0.0701. The first kappa shape index (κ1) is 18.8. The van der Waals surface area contributed by atoms with Crippen LogP contribution in [0.2, 0.25) is 0 Å². The fourth-order valence-corrected chi connectivity index (χ4v) is 2.95. The molecule has 0 amide bonds. The van der Waals surface area contributed by atoms with E-state index in [-0.39, 0.29) is 18.1 Å². The molecule has 0 bridgehead atoms. The standard InChI is InChI=1S/C19H17NO6S/c1-23-16-8-7-12(9-17(16)24-2)14(21)10-25-18(22)11-27-19-20-13-5-3-4-6-15(13)26-19/h3-9H,10-11H2,1-2H3. The average Bonchev–Trinajstić information content (AvgIpc) is 3.12. The third-order valence-electron chi connectivity index (χ3n) is 3.66. The second kappa shape index (κ2) is 8.59. The molecule has 1 heterocycles. The molecule has 8 heteroatoms. The van der Waals surface area contributed by atoms with Gasteiger partial charge in [0.25, 0.3) is 5.22 Å². The number of ether oxygens (including phenoxy) is 3. The van der Waals surface area contributed by atoms with Crippen LogP contribution in [0.4, 0.5) is 0 Å². The van der Waals surface area contributed by atoms with Crippen LogP contribution in [0, 0.1) is 0 Å². The monoisotopic (exact) mass is 387 g/mol. The average molecular weight is 387 g/mol. The summed E-state index contributed by atoms with van der Waals surface area (Å²) < 4.78 is 20.8. The molecule has 0 atom stereocenters. The molecular formula is C19H17NO6S. The molecule has 1 aromatic heterocycles. The van der Waals surface area contributed by atoms with Crippen molar-refractivity contribution < 1.29 is 28.2 Å². The van der Waals surface area contributed by atoms with Gasteiger partial charge in [-0.3, -0.25) is 9.59 Å². The highest BCUT2D eigenvalue weighted by molar-refractivity contribution is 7.99. The maximum atomic E-state index is 12.2. The number of hydrogen-bond acceptors (Lipinski definition) is 8. The highest BCUT2D eigenvalue weighted by Crippen LogP contribution is 2.28. The van der Waals surface area contributed by atoms with E-state index in [0.717, 1.165) is 17.3 Å². The number of ketones is 1. The number of benzene rings is 2. The van der Waals surface area contributed by atoms with Crippen LogP contribution in [0.1, 0.15) is 10.4 Å². The SMILES string of the molecule is COc1ccc(C(=O)COC(=O)CSc2nc3ccccc3o2)cc1OC. The number of oxazole rings is 1. The van der Waals surface area contributed by atoms with Gasteiger partial charge < -0.3 is 18.6 Å². The van der Waals surface area contributed by atoms with E-state index < -0.39 is 5.97 Å². The number of esters is 1. The van der Waals surface area contributed by atoms with Crippen molar-refractivity contribution in [1.82, 2.24) is 4.98 Å². The van der Waals surface area contributed by atoms with Crippen LogP contribution in [0.3, 0.4) is 0 Å². The Morgan fingerprint density at radius 2 is 1.85 bits per heavy atom. The molecule has 0 N–H and O–H groups in total. The highest BCUT2D eigenvalue weighted by Gasteiger charge is 2.14. The summed E-state index contributed by atoms with van der Waals surface area (Å²) in [5, 5.41) is 0.374. The lowest BCUT2D eigenvalue weighted by molar-refractivity contribution is -0.139. The van der Waals surface area contributed by atoms with Gasteiger partial charge in [0.2, 0.25) is 0 Å². The van der Waals surface area contributed by atoms with Crippen LogP contribution in [-0.4, -0.2) is 43.3 Å². The molecule has 0 aliphatic rings. The quantitative estimate of drug-likeness (QED) is 0.330. The second-order valence-electron chi connectivity index (χ2n) is 5.39. The summed E-state index contributed by atoms with van der Waals surface area (Å²) >= 11 is 1.11. The van der Waals surface area contributed by atoms with Crippen molar-refractivity contribution in [2.24, 2.45) is 0 Å². The molecule has 0 spiro atoms. The Balaban J connectivity index is 1.51. The minimum Gasteiger partial charge on any atom is -0.493 e. The van der Waals surface area contributed by atoms with Crippen molar-refractivity contribution in [1.29, 1.82) is 0 Å². The topological polar surface area (TPSA) is 87.9 Å². The zero-order valence-electron chi connectivity index (χ0n) is 14.8. The van der Waals surface area contributed by atoms with Gasteiger partial charge in [-0.25, -0.2) is 4.98 Å². The molecule has 0 unspecified atom stereocenters. The fourth-order valence-electron chi connectivity index (χ4n) is 2.31. The Bertz CT molecular complexity index is 935. The van der Waals surface area contributed by atoms with Gasteiger partial charge in [0.1, 0.15) is 11.3 Å². The minimum atomic E-state index is -0.531. The Morgan fingerprint density at radius 3 is 2.59 bits per heavy atom. The Morgan fingerprint density at radius 1 is 1.07 bits per heavy atom. The minimum absolute atomic E-state index is 0.00790. The normalized spacial score (nSPS) is 10.6. The smallest absolute Gasteiger partial charge is 0.316 e. The van der Waals surface area contributed by atoms with E-state index in [9.17, 15) is 9.59 Å². The molecule has 7 nitrogen and oxygen atoms in total. The van der Waals surface area contributed by atoms with Crippen LogP contribution >= 0.6 is 11.8 Å². The number of thioether (sulfide) groups is 1. The largest absolute Gasteiger partial charge is 0.493 e. The van der Waals surface area contributed by atoms with E-state index in [2.05, 4.69) is 4.98 Å². The Hall–Kier alpha value is -3.00. The third-order valence-corrected chi connectivity index (χ3v) is 4.46. The highest BCUT2D eigenvalue weighted by atomic mass is 32.2. The van der Waals surface area contributed by atoms with E-state index in [0.29, 0.717) is 27.9 Å². The number of hydrogen-bond donors (Lipinski definition) is 0. The number of para-hydroxylation sites is 2. The predicted molar refractivity (Wildman–Crippen MR) is 99.6 cm³/mol. The second-order valence-corrected chi connectivity index (χ2v) is 6.32. The lowest BCUT2D eigenvalue weighted by Crippen LogP contribution is -2.15. The number of aromatic nitrogens is 1. The summed E-state index contributed by atoms with van der Waals surface area (Å²) in [6.07, 6.45) is 0. The molecule has 3 rings (SSSR count). The third kappa shape index (κ3) is 4.59. The summed E-state index contributed by atoms with van der Waals surface area (Å²) in [6.45, 7) is -0.359. The first-order chi connectivity index (χ1) is 13.1. The van der Waals surface area contributed by atoms with Crippen LogP contribution in [0.5, 0.6) is 11.5 Å². The lowest BCUT2D eigenvalue weighted by atomic mass is 10.1. The van der Waals surface area contributed by atoms with Gasteiger partial charge >= 0.3 is 5.97 Å². The summed E-state index contributed by atoms with van der Waals surface area (Å²) in [6, 6.07) is 12.1. The maximum absolute atomic E-state index is 12.2. The van der Waals surface area contributed by atoms with Crippen molar-refractivity contribution in [2.45, 2.75) is 5.22 Å². The van der Waals surface area contributed by atoms with E-state index in [1.165, 1.54) is 14.2 Å². The zero-order chi connectivity index (χ0) is 19.2. The van der Waals surface area contributed by atoms with Crippen molar-refractivity contribution in [2.75, 3.05) is 26.6 Å². The molecule has 3 aromatic rings. The lowest BCUT2D eigenvalue weighted by Gasteiger charge is -2.09. The maximum Gasteiger partial charge on any atom is 0.316 e. The molecule has 0 aliphatic carbocycles. The summed E-state index contributed by atoms with van der Waals surface area (Å²) in [7, 11) is 2.99. The number of carbonyl (C=O) groups is 2. The first-order valence-corrected chi connectivity index (χ1v) is 8.98. The summed E-state index contributed by atoms with van der Waals surface area (Å²) in [5.41, 5.74) is 1.74. The van der Waals surface area contributed by atoms with Gasteiger partial charge in [0.05, 0.1) is 14.2 Å². The molecular weight excluding hydrogens is 370 g/mol. The van der Waals surface area contributed by atoms with Gasteiger partial charge in [0, 0.05) is 5.56 Å². The van der Waals surface area contributed by atoms with E-state index in [4.69, 9.17) is 18.6 Å². The Labute approximate surface area is 159 Å². The van der Waals surface area contributed by atoms with Gasteiger partial charge in [0.15, 0.2) is 29.5 Å². The summed E-state index contributed by atoms with van der Waals surface area (Å²) in [4.78, 5) is 28.3. The van der Waals surface area contributed by atoms with Crippen molar-refractivity contribution >= 4 is 34.6 Å². The molecule has 0 saturated carbocycles. The van der Waals surface area contributed by atoms with Gasteiger partial charge in [-0.05, 0) is 30.3 Å². The molecule has 27 heavy (non-hydrogen) atoms. The van der Waals surface area contributed by atoms with Crippen LogP contribution < -0.4 is 9.47 Å². The van der Waals surface area contributed by atoms with E-state index in [1.807, 2.05) is 18.2 Å². The number of fused-ring (bicyclic) bond motifs is 1. The van der Waals surface area contributed by atoms with E-state index in [1.54, 1.807) is 24.3 Å². The molecule has 140 valence electrons. The number of rotatable bonds is 8. The predicted octanol–water partition coefficient (Wildman–Crippen LogP) is 3.36. The van der Waals surface area contributed by atoms with Crippen LogP contribution in [-0.2, 0) is 9.53 Å². The van der Waals surface area contributed by atoms with Gasteiger partial charge in [-0.2, -0.15) is 0 Å². The molecule has 2 aromatic carbocycles.